The first-order valence-corrected chi connectivity index (χ1v) is 4.62. The molecule has 1 aromatic rings. The molecule has 0 saturated heterocycles. The second kappa shape index (κ2) is 4.00. The number of carboxylic acid groups (broad SMARTS) is 1. The molecule has 0 saturated carbocycles. The Morgan fingerprint density at radius 1 is 1.40 bits per heavy atom. The van der Waals surface area contributed by atoms with E-state index < -0.39 is 5.97 Å². The molecular weight excluding hydrogens is 192 g/mol. The monoisotopic (exact) mass is 202 g/mol. The van der Waals surface area contributed by atoms with E-state index in [0.717, 1.165) is 23.8 Å². The van der Waals surface area contributed by atoms with Crippen molar-refractivity contribution in [2.24, 2.45) is 0 Å². The molecule has 76 valence electrons. The number of carbonyl (C=O) groups is 1. The second-order valence-electron chi connectivity index (χ2n) is 3.19. The summed E-state index contributed by atoms with van der Waals surface area (Å²) in [7, 11) is 0. The number of hydrogen-bond donors (Lipinski definition) is 1. The van der Waals surface area contributed by atoms with E-state index in [9.17, 15) is 4.79 Å². The highest BCUT2D eigenvalue weighted by atomic mass is 16.5. The van der Waals surface area contributed by atoms with Crippen molar-refractivity contribution in [1.29, 1.82) is 0 Å². The van der Waals surface area contributed by atoms with Crippen LogP contribution in [-0.2, 0) is 11.2 Å². The summed E-state index contributed by atoms with van der Waals surface area (Å²) in [6, 6.07) is 7.71. The van der Waals surface area contributed by atoms with Crippen LogP contribution in [0.15, 0.2) is 48.3 Å². The standard InChI is InChI=1S/C12H10O3/c13-12(14)8-7-10-6-5-9-3-1-2-4-11(9)15-10/h1-4,6-8H,5H2,(H,13,14). The van der Waals surface area contributed by atoms with Gasteiger partial charge in [0.15, 0.2) is 0 Å². The maximum Gasteiger partial charge on any atom is 0.328 e. The van der Waals surface area contributed by atoms with Gasteiger partial charge < -0.3 is 9.84 Å². The minimum atomic E-state index is -0.974. The first-order chi connectivity index (χ1) is 7.25. The summed E-state index contributed by atoms with van der Waals surface area (Å²) in [5, 5.41) is 8.47. The smallest absolute Gasteiger partial charge is 0.328 e. The molecule has 1 aliphatic rings. The summed E-state index contributed by atoms with van der Waals surface area (Å²) in [4.78, 5) is 10.3. The molecule has 0 atom stereocenters. The fourth-order valence-corrected chi connectivity index (χ4v) is 1.41. The van der Waals surface area contributed by atoms with Crippen LogP contribution in [0.3, 0.4) is 0 Å². The first-order valence-electron chi connectivity index (χ1n) is 4.62. The molecule has 0 amide bonds. The first kappa shape index (κ1) is 9.52. The van der Waals surface area contributed by atoms with Gasteiger partial charge in [-0.2, -0.15) is 0 Å². The average Bonchev–Trinajstić information content (AvgIpc) is 2.26. The third kappa shape index (κ3) is 2.26. The van der Waals surface area contributed by atoms with Crippen molar-refractivity contribution in [2.45, 2.75) is 6.42 Å². The van der Waals surface area contributed by atoms with Crippen LogP contribution < -0.4 is 4.74 Å². The molecule has 3 heteroatoms. The van der Waals surface area contributed by atoms with E-state index in [4.69, 9.17) is 9.84 Å². The van der Waals surface area contributed by atoms with Gasteiger partial charge in [-0.1, -0.05) is 18.2 Å². The molecule has 0 fully saturated rings. The van der Waals surface area contributed by atoms with Gasteiger partial charge in [-0.05, 0) is 30.2 Å². The van der Waals surface area contributed by atoms with Crippen LogP contribution in [-0.4, -0.2) is 11.1 Å². The summed E-state index contributed by atoms with van der Waals surface area (Å²) >= 11 is 0. The van der Waals surface area contributed by atoms with Crippen molar-refractivity contribution in [1.82, 2.24) is 0 Å². The highest BCUT2D eigenvalue weighted by Gasteiger charge is 2.09. The van der Waals surface area contributed by atoms with E-state index in [-0.39, 0.29) is 0 Å². The maximum atomic E-state index is 10.3. The third-order valence-electron chi connectivity index (χ3n) is 2.11. The highest BCUT2D eigenvalue weighted by molar-refractivity contribution is 5.80. The van der Waals surface area contributed by atoms with Gasteiger partial charge in [0.05, 0.1) is 0 Å². The van der Waals surface area contributed by atoms with E-state index in [2.05, 4.69) is 0 Å². The molecular formula is C12H10O3. The van der Waals surface area contributed by atoms with Gasteiger partial charge in [0.2, 0.25) is 0 Å². The van der Waals surface area contributed by atoms with E-state index in [1.807, 2.05) is 30.3 Å². The predicted molar refractivity (Wildman–Crippen MR) is 55.6 cm³/mol. The van der Waals surface area contributed by atoms with Gasteiger partial charge in [0.25, 0.3) is 0 Å². The number of ether oxygens (including phenoxy) is 1. The molecule has 0 aliphatic carbocycles. The van der Waals surface area contributed by atoms with E-state index >= 15 is 0 Å². The van der Waals surface area contributed by atoms with Gasteiger partial charge in [-0.15, -0.1) is 0 Å². The zero-order valence-corrected chi connectivity index (χ0v) is 8.01. The second-order valence-corrected chi connectivity index (χ2v) is 3.19. The summed E-state index contributed by atoms with van der Waals surface area (Å²) in [5.74, 6) is 0.402. The van der Waals surface area contributed by atoms with Crippen molar-refractivity contribution in [3.63, 3.8) is 0 Å². The van der Waals surface area contributed by atoms with Gasteiger partial charge >= 0.3 is 5.97 Å². The Morgan fingerprint density at radius 3 is 3.00 bits per heavy atom. The Hall–Kier alpha value is -2.03. The number of fused-ring (bicyclic) bond motifs is 1. The van der Waals surface area contributed by atoms with Crippen molar-refractivity contribution < 1.29 is 14.6 Å². The van der Waals surface area contributed by atoms with Crippen LogP contribution >= 0.6 is 0 Å². The van der Waals surface area contributed by atoms with Crippen LogP contribution in [0, 0.1) is 0 Å². The lowest BCUT2D eigenvalue weighted by atomic mass is 10.1. The maximum absolute atomic E-state index is 10.3. The minimum Gasteiger partial charge on any atom is -0.478 e. The fourth-order valence-electron chi connectivity index (χ4n) is 1.41. The largest absolute Gasteiger partial charge is 0.478 e. The van der Waals surface area contributed by atoms with Crippen molar-refractivity contribution in [2.75, 3.05) is 0 Å². The lowest BCUT2D eigenvalue weighted by Crippen LogP contribution is -2.03. The Labute approximate surface area is 87.3 Å². The molecule has 1 aliphatic heterocycles. The van der Waals surface area contributed by atoms with Crippen LogP contribution in [0.1, 0.15) is 5.56 Å². The molecule has 2 rings (SSSR count). The number of allylic oxidation sites excluding steroid dienone is 2. The van der Waals surface area contributed by atoms with Gasteiger partial charge in [-0.3, -0.25) is 0 Å². The zero-order valence-electron chi connectivity index (χ0n) is 8.01. The fraction of sp³-hybridized carbons (Fsp3) is 0.0833. The molecule has 15 heavy (non-hydrogen) atoms. The van der Waals surface area contributed by atoms with Crippen molar-refractivity contribution in [3.05, 3.63) is 53.8 Å². The lowest BCUT2D eigenvalue weighted by molar-refractivity contribution is -0.131. The molecule has 3 nitrogen and oxygen atoms in total. The number of para-hydroxylation sites is 1. The van der Waals surface area contributed by atoms with Gasteiger partial charge in [-0.25, -0.2) is 4.79 Å². The summed E-state index contributed by atoms with van der Waals surface area (Å²) in [5.41, 5.74) is 1.12. The molecule has 1 aromatic carbocycles. The summed E-state index contributed by atoms with van der Waals surface area (Å²) < 4.78 is 5.49. The minimum absolute atomic E-state index is 0.580. The number of aliphatic carboxylic acids is 1. The van der Waals surface area contributed by atoms with Crippen LogP contribution in [0.25, 0.3) is 0 Å². The van der Waals surface area contributed by atoms with E-state index in [1.165, 1.54) is 6.08 Å². The van der Waals surface area contributed by atoms with Gasteiger partial charge in [0.1, 0.15) is 11.5 Å². The van der Waals surface area contributed by atoms with E-state index in [1.54, 1.807) is 0 Å². The number of rotatable bonds is 2. The van der Waals surface area contributed by atoms with Crippen LogP contribution in [0.2, 0.25) is 0 Å². The molecule has 0 bridgehead atoms. The van der Waals surface area contributed by atoms with Crippen molar-refractivity contribution in [3.8, 4) is 5.75 Å². The van der Waals surface area contributed by atoms with Crippen LogP contribution in [0.5, 0.6) is 5.75 Å². The Morgan fingerprint density at radius 2 is 2.20 bits per heavy atom. The summed E-state index contributed by atoms with van der Waals surface area (Å²) in [6.45, 7) is 0. The zero-order chi connectivity index (χ0) is 10.7. The Bertz CT molecular complexity index is 444. The van der Waals surface area contributed by atoms with E-state index in [0.29, 0.717) is 5.76 Å². The van der Waals surface area contributed by atoms with Crippen LogP contribution in [0.4, 0.5) is 0 Å². The normalized spacial score (nSPS) is 14.3. The molecule has 0 spiro atoms. The Kier molecular flexibility index (Phi) is 2.54. The molecule has 0 unspecified atom stereocenters. The molecule has 0 aromatic heterocycles. The number of carboxylic acids is 1. The average molecular weight is 202 g/mol. The Balaban J connectivity index is 2.16. The summed E-state index contributed by atoms with van der Waals surface area (Å²) in [6.07, 6.45) is 5.16. The SMILES string of the molecule is O=C(O)C=CC1=CCc2ccccc2O1. The third-order valence-corrected chi connectivity index (χ3v) is 2.11. The topological polar surface area (TPSA) is 46.5 Å². The molecule has 1 N–H and O–H groups in total. The number of hydrogen-bond acceptors (Lipinski definition) is 2. The predicted octanol–water partition coefficient (Wildman–Crippen LogP) is 2.15. The number of benzene rings is 1. The molecule has 0 radical (unpaired) electrons. The van der Waals surface area contributed by atoms with Gasteiger partial charge in [0, 0.05) is 6.08 Å². The highest BCUT2D eigenvalue weighted by Crippen LogP contribution is 2.25. The quantitative estimate of drug-likeness (QED) is 0.747. The van der Waals surface area contributed by atoms with Crippen molar-refractivity contribution >= 4 is 5.97 Å². The molecule has 1 heterocycles. The lowest BCUT2D eigenvalue weighted by Gasteiger charge is -2.15.